The molecule has 0 amide bonds. The van der Waals surface area contributed by atoms with E-state index in [1.165, 1.54) is 0 Å². The van der Waals surface area contributed by atoms with Crippen molar-refractivity contribution < 1.29 is 4.74 Å². The van der Waals surface area contributed by atoms with Gasteiger partial charge in [0.05, 0.1) is 22.4 Å². The van der Waals surface area contributed by atoms with E-state index in [1.54, 1.807) is 0 Å². The van der Waals surface area contributed by atoms with Crippen molar-refractivity contribution in [1.82, 2.24) is 4.57 Å². The maximum atomic E-state index is 13.2. The molecule has 4 nitrogen and oxygen atoms in total. The first kappa shape index (κ1) is 17.8. The summed E-state index contributed by atoms with van der Waals surface area (Å²) in [6.07, 6.45) is 0. The lowest BCUT2D eigenvalue weighted by Gasteiger charge is -2.29. The minimum absolute atomic E-state index is 0.0634. The van der Waals surface area contributed by atoms with Crippen LogP contribution in [0.25, 0.3) is 32.9 Å². The molecule has 1 aliphatic rings. The number of ether oxygens (including phenoxy) is 1. The number of nitrogens with zero attached hydrogens (tertiary/aromatic N) is 2. The monoisotopic (exact) mass is 404 g/mol. The number of aryl methyl sites for hydroxylation is 1. The van der Waals surface area contributed by atoms with E-state index in [9.17, 15) is 4.79 Å². The number of hydrogen-bond acceptors (Lipinski definition) is 3. The number of anilines is 2. The summed E-state index contributed by atoms with van der Waals surface area (Å²) in [5.41, 5.74) is 6.01. The minimum Gasteiger partial charge on any atom is -0.453 e. The molecule has 0 N–H and O–H groups in total. The van der Waals surface area contributed by atoms with E-state index in [1.807, 2.05) is 68.7 Å². The van der Waals surface area contributed by atoms with Crippen molar-refractivity contribution in [1.29, 1.82) is 0 Å². The smallest absolute Gasteiger partial charge is 0.197 e. The average molecular weight is 404 g/mol. The highest BCUT2D eigenvalue weighted by molar-refractivity contribution is 5.95. The van der Waals surface area contributed by atoms with Gasteiger partial charge in [-0.1, -0.05) is 36.4 Å². The topological polar surface area (TPSA) is 34.5 Å². The quantitative estimate of drug-likeness (QED) is 0.311. The average Bonchev–Trinajstić information content (AvgIpc) is 2.82. The molecule has 0 unspecified atom stereocenters. The number of aromatic nitrogens is 1. The van der Waals surface area contributed by atoms with Crippen LogP contribution in [0, 0.1) is 0 Å². The van der Waals surface area contributed by atoms with Crippen molar-refractivity contribution in [3.8, 4) is 22.6 Å². The highest BCUT2D eigenvalue weighted by atomic mass is 16.5. The maximum Gasteiger partial charge on any atom is 0.197 e. The molecule has 5 aromatic rings. The van der Waals surface area contributed by atoms with Crippen molar-refractivity contribution in [2.24, 2.45) is 7.05 Å². The van der Waals surface area contributed by atoms with Gasteiger partial charge in [0.15, 0.2) is 16.9 Å². The van der Waals surface area contributed by atoms with Crippen molar-refractivity contribution in [2.75, 3.05) is 11.9 Å². The van der Waals surface area contributed by atoms with E-state index in [4.69, 9.17) is 4.74 Å². The molecule has 31 heavy (non-hydrogen) atoms. The van der Waals surface area contributed by atoms with Gasteiger partial charge in [-0.2, -0.15) is 0 Å². The second-order valence-corrected chi connectivity index (χ2v) is 7.95. The van der Waals surface area contributed by atoms with Crippen LogP contribution in [0.4, 0.5) is 11.4 Å². The third-order valence-electron chi connectivity index (χ3n) is 6.21. The van der Waals surface area contributed by atoms with E-state index in [-0.39, 0.29) is 5.43 Å². The minimum atomic E-state index is 0.0634. The molecule has 1 aromatic heterocycles. The van der Waals surface area contributed by atoms with Gasteiger partial charge in [0.1, 0.15) is 0 Å². The standard InChI is InChI=1S/C27H20N2O2/c1-28-21-8-4-3-7-19(21)27(30)20-15-17(11-13-22(20)28)18-12-14-24-26(16-18)31-25-10-6-5-9-23(25)29(24)2/h3-16H,1-2H3. The van der Waals surface area contributed by atoms with Crippen LogP contribution in [0.5, 0.6) is 11.5 Å². The molecule has 0 atom stereocenters. The first-order valence-electron chi connectivity index (χ1n) is 10.3. The van der Waals surface area contributed by atoms with Gasteiger partial charge in [0.2, 0.25) is 0 Å². The second-order valence-electron chi connectivity index (χ2n) is 7.95. The largest absolute Gasteiger partial charge is 0.453 e. The molecule has 0 spiro atoms. The van der Waals surface area contributed by atoms with Gasteiger partial charge in [-0.15, -0.1) is 0 Å². The normalized spacial score (nSPS) is 12.5. The molecule has 2 heterocycles. The van der Waals surface area contributed by atoms with Crippen LogP contribution in [-0.4, -0.2) is 11.6 Å². The summed E-state index contributed by atoms with van der Waals surface area (Å²) in [6.45, 7) is 0. The van der Waals surface area contributed by atoms with Crippen molar-refractivity contribution in [2.45, 2.75) is 0 Å². The molecule has 0 saturated heterocycles. The fourth-order valence-electron chi connectivity index (χ4n) is 4.54. The number of pyridine rings is 1. The van der Waals surface area contributed by atoms with Crippen LogP contribution in [0.15, 0.2) is 89.7 Å². The fraction of sp³-hybridized carbons (Fsp3) is 0.0741. The molecule has 1 aliphatic heterocycles. The van der Waals surface area contributed by atoms with Gasteiger partial charge in [-0.05, 0) is 59.7 Å². The zero-order valence-corrected chi connectivity index (χ0v) is 17.3. The SMILES string of the molecule is CN1c2ccccc2Oc2cc(-c3ccc4c(c3)c(=O)c3ccccc3n4C)ccc21. The Kier molecular flexibility index (Phi) is 3.71. The van der Waals surface area contributed by atoms with Gasteiger partial charge in [-0.3, -0.25) is 4.79 Å². The Morgan fingerprint density at radius 1 is 0.645 bits per heavy atom. The zero-order valence-electron chi connectivity index (χ0n) is 17.3. The predicted octanol–water partition coefficient (Wildman–Crippen LogP) is 6.23. The van der Waals surface area contributed by atoms with Gasteiger partial charge in [-0.25, -0.2) is 0 Å². The molecule has 0 aliphatic carbocycles. The Balaban J connectivity index is 1.51. The third kappa shape index (κ3) is 2.58. The van der Waals surface area contributed by atoms with Crippen LogP contribution in [0.2, 0.25) is 0 Å². The summed E-state index contributed by atoms with van der Waals surface area (Å²) in [4.78, 5) is 15.3. The van der Waals surface area contributed by atoms with Crippen LogP contribution in [-0.2, 0) is 7.05 Å². The molecule has 0 radical (unpaired) electrons. The lowest BCUT2D eigenvalue weighted by molar-refractivity contribution is 0.476. The first-order valence-corrected chi connectivity index (χ1v) is 10.3. The summed E-state index contributed by atoms with van der Waals surface area (Å²) < 4.78 is 8.27. The van der Waals surface area contributed by atoms with Gasteiger partial charge in [0.25, 0.3) is 0 Å². The van der Waals surface area contributed by atoms with Crippen LogP contribution in [0.1, 0.15) is 0 Å². The molecule has 0 fully saturated rings. The molecular formula is C27H20N2O2. The predicted molar refractivity (Wildman–Crippen MR) is 127 cm³/mol. The fourth-order valence-corrected chi connectivity index (χ4v) is 4.54. The van der Waals surface area contributed by atoms with E-state index in [0.29, 0.717) is 0 Å². The number of para-hydroxylation sites is 3. The zero-order chi connectivity index (χ0) is 21.1. The van der Waals surface area contributed by atoms with E-state index in [2.05, 4.69) is 39.8 Å². The summed E-state index contributed by atoms with van der Waals surface area (Å²) in [5, 5.41) is 1.46. The number of benzene rings is 4. The highest BCUT2D eigenvalue weighted by Crippen LogP contribution is 2.46. The molecule has 4 heteroatoms. The lowest BCUT2D eigenvalue weighted by Crippen LogP contribution is -2.15. The second kappa shape index (κ2) is 6.47. The van der Waals surface area contributed by atoms with E-state index >= 15 is 0 Å². The Morgan fingerprint density at radius 2 is 1.32 bits per heavy atom. The molecular weight excluding hydrogens is 384 g/mol. The van der Waals surface area contributed by atoms with Gasteiger partial charge in [0, 0.05) is 24.9 Å². The van der Waals surface area contributed by atoms with Gasteiger partial charge < -0.3 is 14.2 Å². The maximum absolute atomic E-state index is 13.2. The van der Waals surface area contributed by atoms with Gasteiger partial charge >= 0.3 is 0 Å². The van der Waals surface area contributed by atoms with Crippen molar-refractivity contribution in [3.63, 3.8) is 0 Å². The Hall–Kier alpha value is -4.05. The highest BCUT2D eigenvalue weighted by Gasteiger charge is 2.21. The molecule has 0 bridgehead atoms. The Morgan fingerprint density at radius 3 is 2.23 bits per heavy atom. The van der Waals surface area contributed by atoms with Crippen LogP contribution >= 0.6 is 0 Å². The lowest BCUT2D eigenvalue weighted by atomic mass is 10.0. The van der Waals surface area contributed by atoms with Crippen LogP contribution < -0.4 is 15.1 Å². The Bertz CT molecular complexity index is 1570. The molecule has 0 saturated carbocycles. The van der Waals surface area contributed by atoms with E-state index in [0.717, 1.165) is 55.8 Å². The molecule has 4 aromatic carbocycles. The molecule has 150 valence electrons. The number of rotatable bonds is 1. The molecule has 6 rings (SSSR count). The Labute approximate surface area is 179 Å². The summed E-state index contributed by atoms with van der Waals surface area (Å²) in [5.74, 6) is 1.65. The third-order valence-corrected chi connectivity index (χ3v) is 6.21. The van der Waals surface area contributed by atoms with E-state index < -0.39 is 0 Å². The van der Waals surface area contributed by atoms with Crippen molar-refractivity contribution in [3.05, 3.63) is 95.2 Å². The van der Waals surface area contributed by atoms with Crippen molar-refractivity contribution >= 4 is 33.2 Å². The number of hydrogen-bond donors (Lipinski definition) is 0. The summed E-state index contributed by atoms with van der Waals surface area (Å²) in [7, 11) is 4.05. The summed E-state index contributed by atoms with van der Waals surface area (Å²) >= 11 is 0. The summed E-state index contributed by atoms with van der Waals surface area (Å²) in [6, 6.07) is 28.1. The van der Waals surface area contributed by atoms with Crippen LogP contribution in [0.3, 0.4) is 0 Å². The number of fused-ring (bicyclic) bond motifs is 4. The first-order chi connectivity index (χ1) is 15.1.